The SMILES string of the molecule is CC1(C)C(=O)Nc2nc(-c3nc(CCC4CC4)n4ccccc34)nc(N)c21. The Morgan fingerprint density at radius 1 is 1.26 bits per heavy atom. The fourth-order valence-corrected chi connectivity index (χ4v) is 3.85. The number of imidazole rings is 1. The first-order valence-corrected chi connectivity index (χ1v) is 9.41. The maximum absolute atomic E-state index is 12.3. The Balaban J connectivity index is 1.63. The van der Waals surface area contributed by atoms with E-state index >= 15 is 0 Å². The Morgan fingerprint density at radius 2 is 2.07 bits per heavy atom. The number of nitrogens with two attached hydrogens (primary N) is 1. The number of nitrogen functional groups attached to an aromatic ring is 1. The maximum atomic E-state index is 12.3. The molecule has 5 rings (SSSR count). The van der Waals surface area contributed by atoms with Gasteiger partial charge >= 0.3 is 0 Å². The molecule has 0 bridgehead atoms. The molecule has 1 aliphatic heterocycles. The molecule has 7 heteroatoms. The highest BCUT2D eigenvalue weighted by molar-refractivity contribution is 6.06. The number of nitrogens with one attached hydrogen (secondary N) is 1. The van der Waals surface area contributed by atoms with Gasteiger partial charge in [0.1, 0.15) is 23.2 Å². The van der Waals surface area contributed by atoms with Crippen LogP contribution in [0.5, 0.6) is 0 Å². The molecule has 7 nitrogen and oxygen atoms in total. The third-order valence-corrected chi connectivity index (χ3v) is 5.67. The van der Waals surface area contributed by atoms with Crippen LogP contribution in [0.25, 0.3) is 17.0 Å². The molecular formula is C20H22N6O. The summed E-state index contributed by atoms with van der Waals surface area (Å²) in [6.07, 6.45) is 6.77. The largest absolute Gasteiger partial charge is 0.383 e. The first-order valence-electron chi connectivity index (χ1n) is 9.41. The van der Waals surface area contributed by atoms with E-state index in [-0.39, 0.29) is 5.91 Å². The van der Waals surface area contributed by atoms with Gasteiger partial charge in [-0.3, -0.25) is 4.79 Å². The molecule has 0 unspecified atom stereocenters. The highest BCUT2D eigenvalue weighted by Crippen LogP contribution is 2.40. The molecule has 1 aliphatic carbocycles. The lowest BCUT2D eigenvalue weighted by molar-refractivity contribution is -0.119. The molecule has 0 spiro atoms. The maximum Gasteiger partial charge on any atom is 0.235 e. The number of hydrogen-bond acceptors (Lipinski definition) is 5. The van der Waals surface area contributed by atoms with Crippen molar-refractivity contribution in [3.05, 3.63) is 35.8 Å². The van der Waals surface area contributed by atoms with Crippen LogP contribution in [0.1, 0.15) is 44.5 Å². The average Bonchev–Trinajstić information content (AvgIpc) is 3.34. The smallest absolute Gasteiger partial charge is 0.235 e. The summed E-state index contributed by atoms with van der Waals surface area (Å²) in [5.41, 5.74) is 7.81. The molecule has 1 saturated carbocycles. The molecule has 27 heavy (non-hydrogen) atoms. The highest BCUT2D eigenvalue weighted by atomic mass is 16.2. The topological polar surface area (TPSA) is 98.2 Å². The average molecular weight is 362 g/mol. The zero-order valence-corrected chi connectivity index (χ0v) is 15.5. The summed E-state index contributed by atoms with van der Waals surface area (Å²) < 4.78 is 2.10. The Hall–Kier alpha value is -2.96. The number of carbonyl (C=O) groups is 1. The van der Waals surface area contributed by atoms with Crippen LogP contribution in [0.2, 0.25) is 0 Å². The molecule has 1 amide bonds. The summed E-state index contributed by atoms with van der Waals surface area (Å²) in [4.78, 5) is 26.2. The number of aromatic nitrogens is 4. The zero-order chi connectivity index (χ0) is 18.8. The summed E-state index contributed by atoms with van der Waals surface area (Å²) in [7, 11) is 0. The van der Waals surface area contributed by atoms with Crippen molar-refractivity contribution in [3.8, 4) is 11.5 Å². The van der Waals surface area contributed by atoms with E-state index in [1.165, 1.54) is 12.8 Å². The van der Waals surface area contributed by atoms with Gasteiger partial charge in [-0.2, -0.15) is 0 Å². The minimum Gasteiger partial charge on any atom is -0.383 e. The van der Waals surface area contributed by atoms with Gasteiger partial charge in [-0.15, -0.1) is 0 Å². The second-order valence-electron chi connectivity index (χ2n) is 8.05. The third kappa shape index (κ3) is 2.49. The Kier molecular flexibility index (Phi) is 3.32. The van der Waals surface area contributed by atoms with Crippen LogP contribution in [0, 0.1) is 5.92 Å². The lowest BCUT2D eigenvalue weighted by Gasteiger charge is -2.15. The van der Waals surface area contributed by atoms with Gasteiger partial charge in [0, 0.05) is 12.6 Å². The van der Waals surface area contributed by atoms with Crippen LogP contribution in [0.4, 0.5) is 11.6 Å². The van der Waals surface area contributed by atoms with Gasteiger partial charge in [0.05, 0.1) is 16.5 Å². The predicted molar refractivity (Wildman–Crippen MR) is 103 cm³/mol. The van der Waals surface area contributed by atoms with E-state index in [2.05, 4.69) is 19.7 Å². The molecule has 3 N–H and O–H groups in total. The van der Waals surface area contributed by atoms with E-state index in [1.807, 2.05) is 38.2 Å². The van der Waals surface area contributed by atoms with Crippen molar-refractivity contribution < 1.29 is 4.79 Å². The van der Waals surface area contributed by atoms with Gasteiger partial charge in [-0.1, -0.05) is 18.9 Å². The fraction of sp³-hybridized carbons (Fsp3) is 0.400. The van der Waals surface area contributed by atoms with Crippen molar-refractivity contribution in [1.82, 2.24) is 19.4 Å². The van der Waals surface area contributed by atoms with Gasteiger partial charge in [-0.05, 0) is 38.3 Å². The molecule has 3 aromatic heterocycles. The second-order valence-corrected chi connectivity index (χ2v) is 8.05. The van der Waals surface area contributed by atoms with Crippen LogP contribution >= 0.6 is 0 Å². The summed E-state index contributed by atoms with van der Waals surface area (Å²) in [5, 5.41) is 2.84. The Bertz CT molecular complexity index is 1080. The quantitative estimate of drug-likeness (QED) is 0.743. The number of anilines is 2. The van der Waals surface area contributed by atoms with Crippen molar-refractivity contribution in [2.24, 2.45) is 5.92 Å². The number of amides is 1. The standard InChI is InChI=1S/C20H22N6O/c1-20(2)14-16(21)23-18(24-17(14)25-19(20)27)15-12-5-3-4-10-26(12)13(22-15)9-8-11-6-7-11/h3-5,10-11H,6-9H2,1-2H3,(H3,21,23,24,25,27). The molecule has 4 heterocycles. The van der Waals surface area contributed by atoms with E-state index in [0.29, 0.717) is 28.7 Å². The second kappa shape index (κ2) is 5.52. The normalized spacial score (nSPS) is 17.9. The minimum absolute atomic E-state index is 0.115. The number of fused-ring (bicyclic) bond motifs is 2. The molecule has 3 aromatic rings. The molecule has 0 radical (unpaired) electrons. The van der Waals surface area contributed by atoms with Crippen molar-refractivity contribution in [3.63, 3.8) is 0 Å². The van der Waals surface area contributed by atoms with Crippen molar-refractivity contribution >= 4 is 23.1 Å². The first kappa shape index (κ1) is 16.2. The van der Waals surface area contributed by atoms with Gasteiger partial charge < -0.3 is 15.5 Å². The van der Waals surface area contributed by atoms with Gasteiger partial charge in [0.15, 0.2) is 5.82 Å². The van der Waals surface area contributed by atoms with Crippen molar-refractivity contribution in [2.75, 3.05) is 11.1 Å². The molecule has 2 aliphatic rings. The fourth-order valence-electron chi connectivity index (χ4n) is 3.85. The summed E-state index contributed by atoms with van der Waals surface area (Å²) >= 11 is 0. The van der Waals surface area contributed by atoms with Gasteiger partial charge in [0.25, 0.3) is 0 Å². The first-order chi connectivity index (χ1) is 12.9. The van der Waals surface area contributed by atoms with Gasteiger partial charge in [0.2, 0.25) is 5.91 Å². The number of pyridine rings is 1. The monoisotopic (exact) mass is 362 g/mol. The number of carbonyl (C=O) groups excluding carboxylic acids is 1. The minimum atomic E-state index is -0.733. The lowest BCUT2D eigenvalue weighted by Crippen LogP contribution is -2.27. The van der Waals surface area contributed by atoms with Crippen molar-refractivity contribution in [1.29, 1.82) is 0 Å². The number of nitrogens with zero attached hydrogens (tertiary/aromatic N) is 4. The summed E-state index contributed by atoms with van der Waals surface area (Å²) in [6, 6.07) is 5.99. The van der Waals surface area contributed by atoms with Gasteiger partial charge in [-0.25, -0.2) is 15.0 Å². The Labute approximate surface area is 157 Å². The lowest BCUT2D eigenvalue weighted by atomic mass is 9.87. The van der Waals surface area contributed by atoms with E-state index in [4.69, 9.17) is 10.7 Å². The van der Waals surface area contributed by atoms with Crippen LogP contribution in [-0.2, 0) is 16.6 Å². The number of rotatable bonds is 4. The van der Waals surface area contributed by atoms with E-state index in [1.54, 1.807) is 0 Å². The van der Waals surface area contributed by atoms with E-state index in [9.17, 15) is 4.79 Å². The molecule has 138 valence electrons. The van der Waals surface area contributed by atoms with Crippen molar-refractivity contribution in [2.45, 2.75) is 44.9 Å². The molecule has 0 aromatic carbocycles. The van der Waals surface area contributed by atoms with Crippen LogP contribution in [0.15, 0.2) is 24.4 Å². The summed E-state index contributed by atoms with van der Waals surface area (Å²) in [5.74, 6) is 3.01. The van der Waals surface area contributed by atoms with Crippen LogP contribution < -0.4 is 11.1 Å². The van der Waals surface area contributed by atoms with E-state index in [0.717, 1.165) is 30.1 Å². The number of hydrogen-bond donors (Lipinski definition) is 2. The highest BCUT2D eigenvalue weighted by Gasteiger charge is 2.42. The van der Waals surface area contributed by atoms with Crippen LogP contribution in [-0.4, -0.2) is 25.3 Å². The number of aryl methyl sites for hydroxylation is 1. The zero-order valence-electron chi connectivity index (χ0n) is 15.5. The predicted octanol–water partition coefficient (Wildman–Crippen LogP) is 2.95. The molecule has 1 fully saturated rings. The van der Waals surface area contributed by atoms with E-state index < -0.39 is 5.41 Å². The van der Waals surface area contributed by atoms with Crippen LogP contribution in [0.3, 0.4) is 0 Å². The molecule has 0 saturated heterocycles. The Morgan fingerprint density at radius 3 is 2.85 bits per heavy atom. The third-order valence-electron chi connectivity index (χ3n) is 5.67. The molecule has 0 atom stereocenters. The summed E-state index contributed by atoms with van der Waals surface area (Å²) in [6.45, 7) is 3.66. The molecular weight excluding hydrogens is 340 g/mol.